The van der Waals surface area contributed by atoms with Gasteiger partial charge in [0.05, 0.1) is 18.7 Å². The Bertz CT molecular complexity index is 1040. The standard InChI is InChI=1S/C25H28NO3P.Na.H/c1-28-25(23-19-12-16-11-17(14-19)15-20(23)13-16)22-8-7-18-5-2-3-6-21(18)24(22)29-30(27)10-4-9-26;;/h2-3,5-8,16-17,19-20,30H,4,10-15H2,1H3;;. The minimum absolute atomic E-state index is 0. The minimum atomic E-state index is -2.36. The summed E-state index contributed by atoms with van der Waals surface area (Å²) in [5.74, 6) is 4.54. The molecule has 2 aromatic rings. The number of ether oxygens (including phenoxy) is 1. The molecule has 4 bridgehead atoms. The maximum atomic E-state index is 12.7. The third-order valence-electron chi connectivity index (χ3n) is 7.27. The topological polar surface area (TPSA) is 59.3 Å². The first-order chi connectivity index (χ1) is 14.7. The van der Waals surface area contributed by atoms with E-state index >= 15 is 0 Å². The number of benzene rings is 2. The van der Waals surface area contributed by atoms with Crippen molar-refractivity contribution in [1.29, 1.82) is 5.26 Å². The SMILES string of the molecule is COC(=C1C2CC3CC(C2)CC1C3)c1ccc2ccccc2c1O[PH](=O)CCC#N.[NaH]. The fourth-order valence-electron chi connectivity index (χ4n) is 6.30. The van der Waals surface area contributed by atoms with Crippen LogP contribution >= 0.6 is 8.03 Å². The molecule has 2 aromatic carbocycles. The predicted octanol–water partition coefficient (Wildman–Crippen LogP) is 5.77. The number of fused-ring (bicyclic) bond motifs is 1. The number of hydrogen-bond acceptors (Lipinski definition) is 4. The molecular formula is C25H29NNaO3P. The van der Waals surface area contributed by atoms with Crippen LogP contribution in [0.4, 0.5) is 0 Å². The van der Waals surface area contributed by atoms with Gasteiger partial charge in [-0.05, 0) is 72.8 Å². The number of hydrogen-bond donors (Lipinski definition) is 0. The van der Waals surface area contributed by atoms with Crippen LogP contribution in [0, 0.1) is 35.0 Å². The van der Waals surface area contributed by atoms with Crippen molar-refractivity contribution < 1.29 is 13.8 Å². The second-order valence-corrected chi connectivity index (χ2v) is 10.5. The number of allylic oxidation sites excluding steroid dienone is 1. The van der Waals surface area contributed by atoms with Crippen LogP contribution in [-0.4, -0.2) is 42.8 Å². The van der Waals surface area contributed by atoms with Gasteiger partial charge in [0, 0.05) is 18.0 Å². The van der Waals surface area contributed by atoms with Gasteiger partial charge in [-0.25, -0.2) is 0 Å². The monoisotopic (exact) mass is 445 g/mol. The van der Waals surface area contributed by atoms with Crippen LogP contribution in [0.25, 0.3) is 16.5 Å². The zero-order chi connectivity index (χ0) is 20.7. The van der Waals surface area contributed by atoms with Crippen LogP contribution in [0.3, 0.4) is 0 Å². The summed E-state index contributed by atoms with van der Waals surface area (Å²) in [4.78, 5) is 0. The van der Waals surface area contributed by atoms with Crippen molar-refractivity contribution in [1.82, 2.24) is 0 Å². The van der Waals surface area contributed by atoms with E-state index in [-0.39, 0.29) is 42.1 Å². The number of rotatable bonds is 6. The fraction of sp³-hybridized carbons (Fsp3) is 0.480. The average molecular weight is 445 g/mol. The quantitative estimate of drug-likeness (QED) is 0.322. The third-order valence-corrected chi connectivity index (χ3v) is 8.36. The summed E-state index contributed by atoms with van der Waals surface area (Å²) in [7, 11) is -0.604. The molecule has 0 aromatic heterocycles. The maximum absolute atomic E-state index is 12.7. The Morgan fingerprint density at radius 3 is 2.39 bits per heavy atom. The second-order valence-electron chi connectivity index (χ2n) is 9.09. The van der Waals surface area contributed by atoms with Gasteiger partial charge in [-0.2, -0.15) is 5.26 Å². The normalized spacial score (nSPS) is 26.8. The average Bonchev–Trinajstić information content (AvgIpc) is 2.75. The Hall–Kier alpha value is -1.24. The molecule has 158 valence electrons. The Morgan fingerprint density at radius 2 is 1.74 bits per heavy atom. The summed E-state index contributed by atoms with van der Waals surface area (Å²) in [6, 6.07) is 14.3. The summed E-state index contributed by atoms with van der Waals surface area (Å²) >= 11 is 0. The van der Waals surface area contributed by atoms with E-state index in [0.29, 0.717) is 17.6 Å². The summed E-state index contributed by atoms with van der Waals surface area (Å²) in [5.41, 5.74) is 2.37. The molecule has 6 heteroatoms. The van der Waals surface area contributed by atoms with Gasteiger partial charge in [0.15, 0.2) is 0 Å². The van der Waals surface area contributed by atoms with E-state index in [0.717, 1.165) is 33.9 Å². The van der Waals surface area contributed by atoms with E-state index in [2.05, 4.69) is 18.2 Å². The molecule has 31 heavy (non-hydrogen) atoms. The molecule has 0 aliphatic heterocycles. The van der Waals surface area contributed by atoms with Crippen LogP contribution in [0.15, 0.2) is 42.0 Å². The molecule has 0 radical (unpaired) electrons. The molecule has 0 amide bonds. The van der Waals surface area contributed by atoms with Crippen molar-refractivity contribution in [2.75, 3.05) is 13.3 Å². The van der Waals surface area contributed by atoms with Gasteiger partial charge in [0.25, 0.3) is 0 Å². The van der Waals surface area contributed by atoms with Crippen molar-refractivity contribution >= 4 is 54.1 Å². The van der Waals surface area contributed by atoms with Crippen molar-refractivity contribution in [2.45, 2.75) is 38.5 Å². The number of nitrogens with zero attached hydrogens (tertiary/aromatic N) is 1. The van der Waals surface area contributed by atoms with Crippen LogP contribution < -0.4 is 4.52 Å². The van der Waals surface area contributed by atoms with Gasteiger partial charge in [0.1, 0.15) is 11.5 Å². The zero-order valence-electron chi connectivity index (χ0n) is 17.4. The summed E-state index contributed by atoms with van der Waals surface area (Å²) in [6.07, 6.45) is 7.03. The van der Waals surface area contributed by atoms with Gasteiger partial charge >= 0.3 is 29.6 Å². The van der Waals surface area contributed by atoms with E-state index in [9.17, 15) is 4.57 Å². The van der Waals surface area contributed by atoms with Crippen LogP contribution in [0.2, 0.25) is 0 Å². The zero-order valence-corrected chi connectivity index (χ0v) is 18.4. The van der Waals surface area contributed by atoms with E-state index in [1.165, 1.54) is 37.7 Å². The van der Waals surface area contributed by atoms with Gasteiger partial charge in [-0.1, -0.05) is 30.3 Å². The van der Waals surface area contributed by atoms with E-state index in [1.54, 1.807) is 7.11 Å². The molecule has 4 aliphatic rings. The molecule has 0 saturated heterocycles. The van der Waals surface area contributed by atoms with Crippen molar-refractivity contribution in [3.63, 3.8) is 0 Å². The molecule has 4 aliphatic carbocycles. The number of methoxy groups -OCH3 is 1. The Balaban J connectivity index is 0.00000231. The second kappa shape index (κ2) is 9.72. The van der Waals surface area contributed by atoms with Crippen LogP contribution in [-0.2, 0) is 9.30 Å². The summed E-state index contributed by atoms with van der Waals surface area (Å²) < 4.78 is 24.8. The first kappa shape index (κ1) is 22.9. The number of nitriles is 1. The van der Waals surface area contributed by atoms with Gasteiger partial charge in [-0.15, -0.1) is 0 Å². The van der Waals surface area contributed by atoms with Crippen molar-refractivity contribution in [3.8, 4) is 11.8 Å². The Labute approximate surface area is 207 Å². The van der Waals surface area contributed by atoms with Crippen LogP contribution in [0.5, 0.6) is 5.75 Å². The molecule has 4 nitrogen and oxygen atoms in total. The Kier molecular flexibility index (Phi) is 7.19. The van der Waals surface area contributed by atoms with E-state index in [1.807, 2.05) is 24.3 Å². The fourth-order valence-corrected chi connectivity index (χ4v) is 7.17. The molecule has 4 fully saturated rings. The van der Waals surface area contributed by atoms with Gasteiger partial charge < -0.3 is 9.26 Å². The third kappa shape index (κ3) is 4.36. The molecule has 1 unspecified atom stereocenters. The summed E-state index contributed by atoms with van der Waals surface area (Å²) in [5, 5.41) is 10.9. The van der Waals surface area contributed by atoms with E-state index in [4.69, 9.17) is 14.5 Å². The van der Waals surface area contributed by atoms with Gasteiger partial charge in [-0.3, -0.25) is 4.57 Å². The first-order valence-electron chi connectivity index (χ1n) is 11.1. The van der Waals surface area contributed by atoms with Gasteiger partial charge in [0.2, 0.25) is 8.03 Å². The molecule has 0 N–H and O–H groups in total. The van der Waals surface area contributed by atoms with Crippen molar-refractivity contribution in [3.05, 3.63) is 47.5 Å². The van der Waals surface area contributed by atoms with E-state index < -0.39 is 8.03 Å². The molecular weight excluding hydrogens is 416 g/mol. The Morgan fingerprint density at radius 1 is 1.06 bits per heavy atom. The van der Waals surface area contributed by atoms with Crippen LogP contribution in [0.1, 0.15) is 44.1 Å². The molecule has 4 saturated carbocycles. The molecule has 6 rings (SSSR count). The summed E-state index contributed by atoms with van der Waals surface area (Å²) in [6.45, 7) is 0. The molecule has 1 atom stereocenters. The molecule has 0 heterocycles. The predicted molar refractivity (Wildman–Crippen MR) is 127 cm³/mol. The molecule has 0 spiro atoms. The first-order valence-corrected chi connectivity index (χ1v) is 12.6. The van der Waals surface area contributed by atoms with Crippen molar-refractivity contribution in [2.24, 2.45) is 23.7 Å².